The normalized spacial score (nSPS) is 11.9. The molecule has 0 saturated heterocycles. The van der Waals surface area contributed by atoms with Crippen molar-refractivity contribution in [3.8, 4) is 0 Å². The Balaban J connectivity index is 3.27. The van der Waals surface area contributed by atoms with Crippen LogP contribution in [0.15, 0.2) is 24.3 Å². The lowest BCUT2D eigenvalue weighted by atomic mass is 10.2. The first kappa shape index (κ1) is 24.6. The third kappa shape index (κ3) is 8.63. The molecule has 0 atom stereocenters. The van der Waals surface area contributed by atoms with Crippen LogP contribution in [-0.4, -0.2) is 35.5 Å². The van der Waals surface area contributed by atoms with E-state index < -0.39 is 0 Å². The molecule has 2 nitrogen and oxygen atoms in total. The molecule has 156 valence electrons. The molecule has 0 aliphatic heterocycles. The summed E-state index contributed by atoms with van der Waals surface area (Å²) < 4.78 is 5.73. The van der Waals surface area contributed by atoms with Crippen molar-refractivity contribution in [1.29, 1.82) is 0 Å². The Morgan fingerprint density at radius 2 is 1.04 bits per heavy atom. The molecule has 1 aromatic carbocycles. The van der Waals surface area contributed by atoms with Crippen LogP contribution in [0.3, 0.4) is 0 Å². The minimum absolute atomic E-state index is 0.389. The minimum Gasteiger partial charge on any atom is -0.266 e. The average Bonchev–Trinajstić information content (AvgIpc) is 2.71. The van der Waals surface area contributed by atoms with Crippen molar-refractivity contribution in [2.75, 3.05) is 26.2 Å². The highest BCUT2D eigenvalue weighted by Gasteiger charge is 2.27. The second-order valence-corrected chi connectivity index (χ2v) is 9.79. The first-order valence-corrected chi connectivity index (χ1v) is 12.9. The quantitative estimate of drug-likeness (QED) is 0.280. The molecule has 27 heavy (non-hydrogen) atoms. The SMILES string of the molecule is CCCCN(CCCC)P(c1ccccc1CC)N(CCCC)CCCC. The second kappa shape index (κ2) is 15.5. The average molecular weight is 393 g/mol. The van der Waals surface area contributed by atoms with Crippen LogP contribution < -0.4 is 5.30 Å². The standard InChI is InChI=1S/C24H45N2P/c1-6-11-19-25(20-12-7-2)27(24-18-16-15-17-23(24)10-5)26(21-13-8-3)22-14-9-4/h15-18H,6-14,19-22H2,1-5H3. The molecule has 0 N–H and O–H groups in total. The smallest absolute Gasteiger partial charge is 0.0727 e. The van der Waals surface area contributed by atoms with Gasteiger partial charge >= 0.3 is 0 Å². The Morgan fingerprint density at radius 3 is 1.41 bits per heavy atom. The van der Waals surface area contributed by atoms with E-state index in [2.05, 4.69) is 68.2 Å². The Bertz CT molecular complexity index is 441. The van der Waals surface area contributed by atoms with Gasteiger partial charge in [-0.25, -0.2) is 0 Å². The van der Waals surface area contributed by atoms with Crippen LogP contribution in [0.25, 0.3) is 0 Å². The molecular formula is C24H45N2P. The molecule has 1 aromatic rings. The maximum atomic E-state index is 2.86. The highest BCUT2D eigenvalue weighted by Crippen LogP contribution is 2.45. The molecule has 0 unspecified atom stereocenters. The maximum absolute atomic E-state index is 2.86. The first-order valence-electron chi connectivity index (χ1n) is 11.6. The summed E-state index contributed by atoms with van der Waals surface area (Å²) >= 11 is 0. The van der Waals surface area contributed by atoms with Crippen molar-refractivity contribution in [3.05, 3.63) is 29.8 Å². The molecule has 0 aromatic heterocycles. The van der Waals surface area contributed by atoms with Gasteiger partial charge in [0.1, 0.15) is 0 Å². The Kier molecular flexibility index (Phi) is 14.1. The number of aryl methyl sites for hydroxylation is 1. The molecule has 0 bridgehead atoms. The Morgan fingerprint density at radius 1 is 0.630 bits per heavy atom. The molecule has 0 fully saturated rings. The molecule has 0 saturated carbocycles. The van der Waals surface area contributed by atoms with Gasteiger partial charge in [-0.15, -0.1) is 0 Å². The molecule has 0 aliphatic rings. The lowest BCUT2D eigenvalue weighted by molar-refractivity contribution is 0.367. The lowest BCUT2D eigenvalue weighted by Crippen LogP contribution is -2.37. The van der Waals surface area contributed by atoms with E-state index in [4.69, 9.17) is 0 Å². The Labute approximate surface area is 171 Å². The summed E-state index contributed by atoms with van der Waals surface area (Å²) in [5.41, 5.74) is 1.56. The molecule has 0 amide bonds. The van der Waals surface area contributed by atoms with Crippen LogP contribution in [0, 0.1) is 0 Å². The van der Waals surface area contributed by atoms with Gasteiger partial charge in [0.2, 0.25) is 0 Å². The van der Waals surface area contributed by atoms with Crippen LogP contribution in [0.1, 0.15) is 91.5 Å². The molecule has 0 spiro atoms. The van der Waals surface area contributed by atoms with Gasteiger partial charge in [-0.05, 0) is 37.7 Å². The number of unbranched alkanes of at least 4 members (excludes halogenated alkanes) is 4. The summed E-state index contributed by atoms with van der Waals surface area (Å²) in [4.78, 5) is 0. The van der Waals surface area contributed by atoms with Crippen LogP contribution in [0.5, 0.6) is 0 Å². The van der Waals surface area contributed by atoms with Gasteiger partial charge < -0.3 is 0 Å². The van der Waals surface area contributed by atoms with Gasteiger partial charge in [0.05, 0.1) is 8.22 Å². The van der Waals surface area contributed by atoms with Gasteiger partial charge in [0.15, 0.2) is 0 Å². The number of benzene rings is 1. The van der Waals surface area contributed by atoms with Crippen molar-refractivity contribution >= 4 is 13.5 Å². The third-order valence-electron chi connectivity index (χ3n) is 5.20. The van der Waals surface area contributed by atoms with E-state index in [1.54, 1.807) is 10.9 Å². The summed E-state index contributed by atoms with van der Waals surface area (Å²) in [5.74, 6) is 0. The molecule has 0 radical (unpaired) electrons. The van der Waals surface area contributed by atoms with Gasteiger partial charge in [-0.2, -0.15) is 0 Å². The van der Waals surface area contributed by atoms with Crippen LogP contribution in [0.4, 0.5) is 0 Å². The first-order chi connectivity index (χ1) is 13.2. The topological polar surface area (TPSA) is 6.48 Å². The zero-order chi connectivity index (χ0) is 19.9. The van der Waals surface area contributed by atoms with E-state index in [1.807, 2.05) is 0 Å². The van der Waals surface area contributed by atoms with E-state index in [-0.39, 0.29) is 8.22 Å². The van der Waals surface area contributed by atoms with Crippen LogP contribution in [0.2, 0.25) is 0 Å². The fourth-order valence-electron chi connectivity index (χ4n) is 3.45. The molecule has 1 rings (SSSR count). The molecule has 3 heteroatoms. The summed E-state index contributed by atoms with van der Waals surface area (Å²) in [7, 11) is -0.389. The van der Waals surface area contributed by atoms with Gasteiger partial charge in [0, 0.05) is 31.5 Å². The zero-order valence-electron chi connectivity index (χ0n) is 18.8. The van der Waals surface area contributed by atoms with Gasteiger partial charge in [0.25, 0.3) is 0 Å². The van der Waals surface area contributed by atoms with Crippen molar-refractivity contribution in [1.82, 2.24) is 9.34 Å². The van der Waals surface area contributed by atoms with Crippen LogP contribution >= 0.6 is 8.22 Å². The van der Waals surface area contributed by atoms with Gasteiger partial charge in [-0.3, -0.25) is 9.34 Å². The second-order valence-electron chi connectivity index (χ2n) is 7.59. The number of rotatable bonds is 16. The van der Waals surface area contributed by atoms with Crippen molar-refractivity contribution in [2.24, 2.45) is 0 Å². The predicted molar refractivity (Wildman–Crippen MR) is 125 cm³/mol. The molecular weight excluding hydrogens is 347 g/mol. The van der Waals surface area contributed by atoms with Crippen molar-refractivity contribution in [2.45, 2.75) is 92.4 Å². The Hall–Kier alpha value is -0.430. The number of hydrogen-bond donors (Lipinski definition) is 0. The largest absolute Gasteiger partial charge is 0.266 e. The van der Waals surface area contributed by atoms with Crippen molar-refractivity contribution < 1.29 is 0 Å². The highest BCUT2D eigenvalue weighted by atomic mass is 31.1. The van der Waals surface area contributed by atoms with E-state index in [0.717, 1.165) is 6.42 Å². The number of hydrogen-bond acceptors (Lipinski definition) is 2. The summed E-state index contributed by atoms with van der Waals surface area (Å²) in [6.45, 7) is 16.6. The van der Waals surface area contributed by atoms with Gasteiger partial charge in [-0.1, -0.05) is 84.6 Å². The van der Waals surface area contributed by atoms with E-state index in [9.17, 15) is 0 Å². The monoisotopic (exact) mass is 392 g/mol. The maximum Gasteiger partial charge on any atom is 0.0727 e. The van der Waals surface area contributed by atoms with E-state index in [0.29, 0.717) is 0 Å². The lowest BCUT2D eigenvalue weighted by Gasteiger charge is -2.41. The van der Waals surface area contributed by atoms with Crippen molar-refractivity contribution in [3.63, 3.8) is 0 Å². The summed E-state index contributed by atoms with van der Waals surface area (Å²) in [5, 5.41) is 1.62. The highest BCUT2D eigenvalue weighted by molar-refractivity contribution is 7.61. The fraction of sp³-hybridized carbons (Fsp3) is 0.750. The summed E-state index contributed by atoms with van der Waals surface area (Å²) in [6, 6.07) is 9.28. The number of nitrogens with zero attached hydrogens (tertiary/aromatic N) is 2. The van der Waals surface area contributed by atoms with E-state index >= 15 is 0 Å². The summed E-state index contributed by atoms with van der Waals surface area (Å²) in [6.07, 6.45) is 11.5. The predicted octanol–water partition coefficient (Wildman–Crippen LogP) is 6.99. The minimum atomic E-state index is -0.389. The molecule has 0 aliphatic carbocycles. The fourth-order valence-corrected chi connectivity index (χ4v) is 6.45. The van der Waals surface area contributed by atoms with E-state index in [1.165, 1.54) is 77.5 Å². The zero-order valence-corrected chi connectivity index (χ0v) is 19.7. The third-order valence-corrected chi connectivity index (χ3v) is 7.94. The van der Waals surface area contributed by atoms with Crippen LogP contribution in [-0.2, 0) is 6.42 Å². The molecule has 0 heterocycles.